The first kappa shape index (κ1) is 11.9. The molecule has 0 bridgehead atoms. The summed E-state index contributed by atoms with van der Waals surface area (Å²) < 4.78 is 26.1. The summed E-state index contributed by atoms with van der Waals surface area (Å²) in [6.45, 7) is 8.54. The van der Waals surface area contributed by atoms with Gasteiger partial charge in [-0.3, -0.25) is 0 Å². The van der Waals surface area contributed by atoms with Crippen molar-refractivity contribution in [1.29, 1.82) is 0 Å². The van der Waals surface area contributed by atoms with Crippen molar-refractivity contribution >= 4 is 0 Å². The largest absolute Gasteiger partial charge is 0.248 e. The molecule has 1 fully saturated rings. The van der Waals surface area contributed by atoms with Crippen LogP contribution >= 0.6 is 0 Å². The summed E-state index contributed by atoms with van der Waals surface area (Å²) in [5, 5.41) is 0. The molecule has 1 aliphatic rings. The van der Waals surface area contributed by atoms with Gasteiger partial charge in [0.2, 0.25) is 5.92 Å². The monoisotopic (exact) mass is 204 g/mol. The maximum absolute atomic E-state index is 13.1. The van der Waals surface area contributed by atoms with Crippen LogP contribution in [0.3, 0.4) is 0 Å². The highest BCUT2D eigenvalue weighted by molar-refractivity contribution is 4.84. The van der Waals surface area contributed by atoms with Gasteiger partial charge in [0.05, 0.1) is 0 Å². The van der Waals surface area contributed by atoms with Gasteiger partial charge in [0, 0.05) is 12.8 Å². The lowest BCUT2D eigenvalue weighted by atomic mass is 9.71. The molecular weight excluding hydrogens is 182 g/mol. The van der Waals surface area contributed by atoms with E-state index in [9.17, 15) is 8.78 Å². The van der Waals surface area contributed by atoms with Gasteiger partial charge in [0.25, 0.3) is 0 Å². The molecule has 0 saturated heterocycles. The Morgan fingerprint density at radius 1 is 1.29 bits per heavy atom. The molecule has 0 nitrogen and oxygen atoms in total. The molecule has 0 aliphatic heterocycles. The predicted octanol–water partition coefficient (Wildman–Crippen LogP) is 4.49. The molecule has 0 aromatic heterocycles. The molecule has 0 heterocycles. The van der Waals surface area contributed by atoms with Crippen LogP contribution in [0.25, 0.3) is 0 Å². The van der Waals surface area contributed by atoms with Gasteiger partial charge in [-0.2, -0.15) is 0 Å². The fraction of sp³-hybridized carbons (Fsp3) is 1.00. The van der Waals surface area contributed by atoms with Gasteiger partial charge < -0.3 is 0 Å². The van der Waals surface area contributed by atoms with Crippen LogP contribution in [0.2, 0.25) is 0 Å². The second-order valence-electron chi connectivity index (χ2n) is 6.10. The van der Waals surface area contributed by atoms with Crippen LogP contribution in [0.4, 0.5) is 8.78 Å². The van der Waals surface area contributed by atoms with Crippen LogP contribution in [0.1, 0.15) is 53.4 Å². The van der Waals surface area contributed by atoms with Crippen LogP contribution < -0.4 is 0 Å². The highest BCUT2D eigenvalue weighted by Gasteiger charge is 2.40. The topological polar surface area (TPSA) is 0 Å². The van der Waals surface area contributed by atoms with Gasteiger partial charge >= 0.3 is 0 Å². The minimum atomic E-state index is -2.40. The Balaban J connectivity index is 2.51. The van der Waals surface area contributed by atoms with Crippen molar-refractivity contribution in [2.24, 2.45) is 17.3 Å². The van der Waals surface area contributed by atoms with Crippen molar-refractivity contribution in [3.63, 3.8) is 0 Å². The lowest BCUT2D eigenvalue weighted by Gasteiger charge is -2.37. The highest BCUT2D eigenvalue weighted by Crippen LogP contribution is 2.43. The summed E-state index contributed by atoms with van der Waals surface area (Å²) in [6.07, 6.45) is 1.96. The third-order valence-corrected chi connectivity index (χ3v) is 3.18. The Bertz CT molecular complexity index is 191. The fourth-order valence-corrected chi connectivity index (χ4v) is 2.51. The molecule has 2 unspecified atom stereocenters. The molecule has 1 aliphatic carbocycles. The van der Waals surface area contributed by atoms with E-state index in [1.165, 1.54) is 0 Å². The quantitative estimate of drug-likeness (QED) is 0.590. The zero-order valence-corrected chi connectivity index (χ0v) is 9.74. The smallest absolute Gasteiger partial charge is 0.207 e. The average Bonchev–Trinajstić information content (AvgIpc) is 1.92. The van der Waals surface area contributed by atoms with Crippen molar-refractivity contribution in [2.45, 2.75) is 59.3 Å². The maximum atomic E-state index is 13.1. The molecular formula is C12H22F2. The molecule has 2 heteroatoms. The first-order chi connectivity index (χ1) is 6.20. The first-order valence-corrected chi connectivity index (χ1v) is 5.57. The molecule has 0 amide bonds. The molecule has 1 saturated carbocycles. The number of halogens is 2. The maximum Gasteiger partial charge on any atom is 0.248 e. The van der Waals surface area contributed by atoms with Gasteiger partial charge in [0.15, 0.2) is 0 Å². The Hall–Kier alpha value is -0.140. The van der Waals surface area contributed by atoms with Crippen molar-refractivity contribution in [3.05, 3.63) is 0 Å². The van der Waals surface area contributed by atoms with Crippen LogP contribution in [-0.4, -0.2) is 5.92 Å². The first-order valence-electron chi connectivity index (χ1n) is 5.57. The normalized spacial score (nSPS) is 33.0. The standard InChI is InChI=1S/C12H22F2/c1-9-7-12(13,14)6-5-10(9)8-11(2,3)4/h9-10H,5-8H2,1-4H3. The van der Waals surface area contributed by atoms with E-state index >= 15 is 0 Å². The van der Waals surface area contributed by atoms with E-state index in [4.69, 9.17) is 0 Å². The molecule has 0 N–H and O–H groups in total. The average molecular weight is 204 g/mol. The van der Waals surface area contributed by atoms with E-state index in [1.807, 2.05) is 6.92 Å². The van der Waals surface area contributed by atoms with Gasteiger partial charge in [-0.15, -0.1) is 0 Å². The second-order valence-corrected chi connectivity index (χ2v) is 6.10. The van der Waals surface area contributed by atoms with Crippen LogP contribution in [-0.2, 0) is 0 Å². The zero-order chi connectivity index (χ0) is 11.0. The number of rotatable bonds is 1. The summed E-state index contributed by atoms with van der Waals surface area (Å²) in [4.78, 5) is 0. The highest BCUT2D eigenvalue weighted by atomic mass is 19.3. The second kappa shape index (κ2) is 3.79. The minimum Gasteiger partial charge on any atom is -0.207 e. The van der Waals surface area contributed by atoms with E-state index < -0.39 is 5.92 Å². The van der Waals surface area contributed by atoms with Crippen LogP contribution in [0.15, 0.2) is 0 Å². The van der Waals surface area contributed by atoms with Crippen molar-refractivity contribution in [2.75, 3.05) is 0 Å². The molecule has 0 aromatic rings. The molecule has 84 valence electrons. The third-order valence-electron chi connectivity index (χ3n) is 3.18. The Morgan fingerprint density at radius 2 is 1.86 bits per heavy atom. The van der Waals surface area contributed by atoms with E-state index in [1.54, 1.807) is 0 Å². The molecule has 0 spiro atoms. The number of hydrogen-bond donors (Lipinski definition) is 0. The van der Waals surface area contributed by atoms with Crippen LogP contribution in [0.5, 0.6) is 0 Å². The number of hydrogen-bond acceptors (Lipinski definition) is 0. The minimum absolute atomic E-state index is 0.0910. The Morgan fingerprint density at radius 3 is 2.29 bits per heavy atom. The van der Waals surface area contributed by atoms with Gasteiger partial charge in [-0.05, 0) is 30.1 Å². The SMILES string of the molecule is CC1CC(F)(F)CCC1CC(C)(C)C. The zero-order valence-electron chi connectivity index (χ0n) is 9.74. The molecule has 14 heavy (non-hydrogen) atoms. The summed E-state index contributed by atoms with van der Waals surface area (Å²) >= 11 is 0. The summed E-state index contributed by atoms with van der Waals surface area (Å²) in [5.74, 6) is -1.72. The molecule has 1 rings (SSSR count). The molecule has 0 radical (unpaired) electrons. The summed E-state index contributed by atoms with van der Waals surface area (Å²) in [5.41, 5.74) is 0.269. The van der Waals surface area contributed by atoms with E-state index in [-0.39, 0.29) is 24.2 Å². The third kappa shape index (κ3) is 3.55. The van der Waals surface area contributed by atoms with E-state index in [0.717, 1.165) is 6.42 Å². The van der Waals surface area contributed by atoms with Crippen molar-refractivity contribution in [1.82, 2.24) is 0 Å². The lowest BCUT2D eigenvalue weighted by molar-refractivity contribution is -0.0705. The summed E-state index contributed by atoms with van der Waals surface area (Å²) in [6, 6.07) is 0. The van der Waals surface area contributed by atoms with Crippen LogP contribution in [0, 0.1) is 17.3 Å². The van der Waals surface area contributed by atoms with Gasteiger partial charge in [-0.1, -0.05) is 27.7 Å². The summed E-state index contributed by atoms with van der Waals surface area (Å²) in [7, 11) is 0. The van der Waals surface area contributed by atoms with Crippen molar-refractivity contribution < 1.29 is 8.78 Å². The Kier molecular flexibility index (Phi) is 3.23. The Labute approximate surface area is 86.1 Å². The predicted molar refractivity (Wildman–Crippen MR) is 55.5 cm³/mol. The van der Waals surface area contributed by atoms with Gasteiger partial charge in [0.1, 0.15) is 0 Å². The fourth-order valence-electron chi connectivity index (χ4n) is 2.51. The molecule has 0 aromatic carbocycles. The van der Waals surface area contributed by atoms with E-state index in [2.05, 4.69) is 20.8 Å². The van der Waals surface area contributed by atoms with Gasteiger partial charge in [-0.25, -0.2) is 8.78 Å². The van der Waals surface area contributed by atoms with E-state index in [0.29, 0.717) is 12.3 Å². The van der Waals surface area contributed by atoms with Crippen molar-refractivity contribution in [3.8, 4) is 0 Å². The lowest BCUT2D eigenvalue weighted by Crippen LogP contribution is -2.32. The number of alkyl halides is 2. The molecule has 2 atom stereocenters.